The molecule has 1 aromatic carbocycles. The van der Waals surface area contributed by atoms with Gasteiger partial charge in [0.2, 0.25) is 0 Å². The lowest BCUT2D eigenvalue weighted by Gasteiger charge is -2.43. The van der Waals surface area contributed by atoms with Crippen molar-refractivity contribution in [3.8, 4) is 11.1 Å². The number of carbonyl (C=O) groups is 1. The minimum atomic E-state index is -0.381. The molecule has 0 saturated heterocycles. The Morgan fingerprint density at radius 1 is 1.18 bits per heavy atom. The van der Waals surface area contributed by atoms with Gasteiger partial charge >= 0.3 is 11.6 Å². The van der Waals surface area contributed by atoms with Crippen LogP contribution in [0.1, 0.15) is 39.2 Å². The number of carbonyl (C=O) groups excluding carboxylic acids is 1. The second-order valence-electron chi connectivity index (χ2n) is 8.61. The van der Waals surface area contributed by atoms with Crippen molar-refractivity contribution in [3.05, 3.63) is 64.8 Å². The first-order valence-corrected chi connectivity index (χ1v) is 12.2. The topological polar surface area (TPSA) is 72.6 Å². The normalized spacial score (nSPS) is 14.7. The zero-order valence-corrected chi connectivity index (χ0v) is 20.6. The summed E-state index contributed by atoms with van der Waals surface area (Å²) in [6.07, 6.45) is 6.61. The van der Waals surface area contributed by atoms with Crippen molar-refractivity contribution in [1.29, 1.82) is 0 Å². The maximum atomic E-state index is 12.8. The van der Waals surface area contributed by atoms with Gasteiger partial charge in [-0.1, -0.05) is 22.0 Å². The van der Waals surface area contributed by atoms with Crippen LogP contribution in [0.15, 0.2) is 58.0 Å². The predicted molar refractivity (Wildman–Crippen MR) is 135 cm³/mol. The van der Waals surface area contributed by atoms with E-state index in [1.54, 1.807) is 24.5 Å². The van der Waals surface area contributed by atoms with Gasteiger partial charge in [0.25, 0.3) is 0 Å². The van der Waals surface area contributed by atoms with Crippen LogP contribution in [0.4, 0.5) is 5.69 Å². The molecule has 3 heterocycles. The van der Waals surface area contributed by atoms with Gasteiger partial charge < -0.3 is 14.1 Å². The van der Waals surface area contributed by atoms with Gasteiger partial charge in [0.1, 0.15) is 5.58 Å². The molecule has 6 nitrogen and oxygen atoms in total. The summed E-state index contributed by atoms with van der Waals surface area (Å²) in [6.45, 7) is 7.18. The molecule has 0 saturated carbocycles. The second-order valence-corrected chi connectivity index (χ2v) is 9.17. The Bertz CT molecular complexity index is 1260. The molecule has 3 aromatic rings. The fourth-order valence-corrected chi connectivity index (χ4v) is 4.86. The minimum absolute atomic E-state index is 0.183. The smallest absolute Gasteiger partial charge is 0.344 e. The maximum absolute atomic E-state index is 12.8. The van der Waals surface area contributed by atoms with Crippen molar-refractivity contribution in [3.63, 3.8) is 0 Å². The van der Waals surface area contributed by atoms with Gasteiger partial charge in [0, 0.05) is 53.4 Å². The average Bonchev–Trinajstić information content (AvgIpc) is 2.79. The molecule has 172 valence electrons. The van der Waals surface area contributed by atoms with Crippen LogP contribution in [0.5, 0.6) is 0 Å². The Balaban J connectivity index is 1.77. The molecule has 0 atom stereocenters. The van der Waals surface area contributed by atoms with E-state index in [4.69, 9.17) is 9.15 Å². The lowest BCUT2D eigenvalue weighted by Crippen LogP contribution is -2.46. The van der Waals surface area contributed by atoms with Gasteiger partial charge in [0.05, 0.1) is 17.7 Å². The van der Waals surface area contributed by atoms with E-state index in [9.17, 15) is 9.59 Å². The van der Waals surface area contributed by atoms with Crippen LogP contribution < -0.4 is 10.5 Å². The fraction of sp³-hybridized carbons (Fsp3) is 0.346. The summed E-state index contributed by atoms with van der Waals surface area (Å²) in [5, 5.41) is 1.57. The number of allylic oxidation sites excluding steroid dienone is 1. The van der Waals surface area contributed by atoms with Crippen molar-refractivity contribution in [1.82, 2.24) is 4.98 Å². The van der Waals surface area contributed by atoms with Crippen molar-refractivity contribution in [2.45, 2.75) is 39.2 Å². The number of pyridine rings is 1. The molecule has 1 aliphatic heterocycles. The number of nitrogens with zero attached hydrogens (tertiary/aromatic N) is 2. The summed E-state index contributed by atoms with van der Waals surface area (Å²) in [5.74, 6) is -0.183. The van der Waals surface area contributed by atoms with E-state index >= 15 is 0 Å². The van der Waals surface area contributed by atoms with E-state index in [0.717, 1.165) is 22.2 Å². The lowest BCUT2D eigenvalue weighted by atomic mass is 9.87. The molecule has 33 heavy (non-hydrogen) atoms. The number of benzene rings is 1. The van der Waals surface area contributed by atoms with Crippen LogP contribution in [-0.2, 0) is 9.53 Å². The fourth-order valence-electron chi connectivity index (χ4n) is 4.40. The number of ether oxygens (including phenoxy) is 1. The summed E-state index contributed by atoms with van der Waals surface area (Å²) in [4.78, 5) is 30.9. The summed E-state index contributed by atoms with van der Waals surface area (Å²) in [5.41, 5.74) is 4.43. The minimum Gasteiger partial charge on any atom is -0.466 e. The Morgan fingerprint density at radius 2 is 1.91 bits per heavy atom. The third-order valence-electron chi connectivity index (χ3n) is 5.91. The number of halogens is 1. The predicted octanol–water partition coefficient (Wildman–Crippen LogP) is 5.58. The molecule has 0 unspecified atom stereocenters. The number of anilines is 1. The number of fused-ring (bicyclic) bond motifs is 2. The molecule has 0 spiro atoms. The Morgan fingerprint density at radius 3 is 2.61 bits per heavy atom. The van der Waals surface area contributed by atoms with Crippen LogP contribution in [-0.4, -0.2) is 35.0 Å². The van der Waals surface area contributed by atoms with Crippen molar-refractivity contribution in [2.24, 2.45) is 0 Å². The molecule has 2 aromatic heterocycles. The van der Waals surface area contributed by atoms with Gasteiger partial charge in [-0.2, -0.15) is 0 Å². The standard InChI is InChI=1S/C26H27BrN2O4/c1-4-32-24(30)6-5-11-29-22-14-23-18(12-20(22)19(16-27)15-26(29,2)3)13-21(25(31)33-23)17-7-9-28-10-8-17/h7-10,12-15H,4-6,11,16H2,1-3H3. The number of alkyl halides is 1. The largest absolute Gasteiger partial charge is 0.466 e. The zero-order chi connectivity index (χ0) is 23.6. The molecular formula is C26H27BrN2O4. The van der Waals surface area contributed by atoms with Gasteiger partial charge in [-0.25, -0.2) is 4.79 Å². The van der Waals surface area contributed by atoms with Gasteiger partial charge in [-0.3, -0.25) is 9.78 Å². The molecular weight excluding hydrogens is 484 g/mol. The van der Waals surface area contributed by atoms with Crippen molar-refractivity contribution < 1.29 is 13.9 Å². The third-order valence-corrected chi connectivity index (χ3v) is 6.52. The molecule has 0 N–H and O–H groups in total. The number of aromatic nitrogens is 1. The van der Waals surface area contributed by atoms with E-state index in [1.807, 2.05) is 19.1 Å². The first-order chi connectivity index (χ1) is 15.8. The van der Waals surface area contributed by atoms with Crippen molar-refractivity contribution in [2.75, 3.05) is 23.4 Å². The Labute approximate surface area is 201 Å². The molecule has 0 aliphatic carbocycles. The number of hydrogen-bond donors (Lipinski definition) is 0. The summed E-state index contributed by atoms with van der Waals surface area (Å²) >= 11 is 3.64. The number of esters is 1. The monoisotopic (exact) mass is 510 g/mol. The lowest BCUT2D eigenvalue weighted by molar-refractivity contribution is -0.143. The molecule has 4 rings (SSSR count). The van der Waals surface area contributed by atoms with E-state index in [0.29, 0.717) is 42.5 Å². The highest BCUT2D eigenvalue weighted by Crippen LogP contribution is 2.42. The molecule has 0 amide bonds. The van der Waals surface area contributed by atoms with Crippen LogP contribution in [0.25, 0.3) is 27.7 Å². The van der Waals surface area contributed by atoms with Gasteiger partial charge in [-0.15, -0.1) is 0 Å². The van der Waals surface area contributed by atoms with Crippen LogP contribution in [0.2, 0.25) is 0 Å². The van der Waals surface area contributed by atoms with Crippen LogP contribution >= 0.6 is 15.9 Å². The highest BCUT2D eigenvalue weighted by atomic mass is 79.9. The molecule has 0 fully saturated rings. The Kier molecular flexibility index (Phi) is 6.70. The second kappa shape index (κ2) is 9.51. The highest BCUT2D eigenvalue weighted by molar-refractivity contribution is 9.09. The van der Waals surface area contributed by atoms with Gasteiger partial charge in [-0.05, 0) is 62.6 Å². The average molecular weight is 511 g/mol. The summed E-state index contributed by atoms with van der Waals surface area (Å²) in [6, 6.07) is 9.51. The molecule has 0 radical (unpaired) electrons. The molecule has 1 aliphatic rings. The zero-order valence-electron chi connectivity index (χ0n) is 19.1. The van der Waals surface area contributed by atoms with Gasteiger partial charge in [0.15, 0.2) is 0 Å². The summed E-state index contributed by atoms with van der Waals surface area (Å²) < 4.78 is 10.8. The molecule has 0 bridgehead atoms. The van der Waals surface area contributed by atoms with Crippen LogP contribution in [0.3, 0.4) is 0 Å². The SMILES string of the molecule is CCOC(=O)CCCN1c2cc3oc(=O)c(-c4ccncc4)cc3cc2C(CBr)=CC1(C)C. The van der Waals surface area contributed by atoms with E-state index in [2.05, 4.69) is 51.8 Å². The first kappa shape index (κ1) is 23.2. The quantitative estimate of drug-likeness (QED) is 0.235. The van der Waals surface area contributed by atoms with E-state index in [-0.39, 0.29) is 17.1 Å². The maximum Gasteiger partial charge on any atom is 0.344 e. The summed E-state index contributed by atoms with van der Waals surface area (Å²) in [7, 11) is 0. The van der Waals surface area contributed by atoms with E-state index < -0.39 is 0 Å². The highest BCUT2D eigenvalue weighted by Gasteiger charge is 2.32. The van der Waals surface area contributed by atoms with Crippen LogP contribution in [0, 0.1) is 0 Å². The molecule has 7 heteroatoms. The third kappa shape index (κ3) is 4.74. The number of hydrogen-bond acceptors (Lipinski definition) is 6. The van der Waals surface area contributed by atoms with E-state index in [1.165, 1.54) is 5.57 Å². The number of rotatable bonds is 7. The van der Waals surface area contributed by atoms with Crippen molar-refractivity contribution >= 4 is 44.1 Å². The first-order valence-electron chi connectivity index (χ1n) is 11.1. The Hall–Kier alpha value is -2.93.